The average Bonchev–Trinajstić information content (AvgIpc) is 2.83. The molecule has 1 heterocycles. The van der Waals surface area contributed by atoms with Crippen LogP contribution in [0, 0.1) is 5.82 Å². The molecule has 0 bridgehead atoms. The summed E-state index contributed by atoms with van der Waals surface area (Å²) in [7, 11) is 1.55. The molecular formula is C14H17FN2O3. The van der Waals surface area contributed by atoms with Crippen molar-refractivity contribution in [2.24, 2.45) is 5.16 Å². The van der Waals surface area contributed by atoms with Gasteiger partial charge in [-0.15, -0.1) is 0 Å². The van der Waals surface area contributed by atoms with Crippen LogP contribution in [-0.4, -0.2) is 37.5 Å². The fourth-order valence-corrected chi connectivity index (χ4v) is 1.95. The van der Waals surface area contributed by atoms with Crippen LogP contribution >= 0.6 is 0 Å². The average molecular weight is 280 g/mol. The van der Waals surface area contributed by atoms with Crippen LogP contribution in [-0.2, 0) is 14.4 Å². The third kappa shape index (κ3) is 2.96. The first-order valence-electron chi connectivity index (χ1n) is 6.34. The van der Waals surface area contributed by atoms with E-state index in [1.54, 1.807) is 32.2 Å². The Morgan fingerprint density at radius 2 is 2.30 bits per heavy atom. The molecule has 6 heteroatoms. The Balaban J connectivity index is 2.03. The molecule has 1 amide bonds. The first-order valence-corrected chi connectivity index (χ1v) is 6.34. The van der Waals surface area contributed by atoms with Crippen molar-refractivity contribution in [3.63, 3.8) is 0 Å². The fraction of sp³-hybridized carbons (Fsp3) is 0.429. The van der Waals surface area contributed by atoms with Gasteiger partial charge in [0.05, 0.1) is 12.3 Å². The van der Waals surface area contributed by atoms with Crippen LogP contribution < -0.4 is 5.32 Å². The summed E-state index contributed by atoms with van der Waals surface area (Å²) in [5.74, 6) is -0.663. The Bertz CT molecular complexity index is 533. The fourth-order valence-electron chi connectivity index (χ4n) is 1.95. The lowest BCUT2D eigenvalue weighted by molar-refractivity contribution is -0.141. The number of rotatable bonds is 5. The molecule has 1 N–H and O–H groups in total. The SMILES string of the molecule is COCCNC(=O)C1(C)CC(c2ccccc2F)=NO1. The van der Waals surface area contributed by atoms with E-state index in [0.717, 1.165) is 0 Å². The van der Waals surface area contributed by atoms with E-state index in [-0.39, 0.29) is 18.1 Å². The van der Waals surface area contributed by atoms with E-state index in [4.69, 9.17) is 9.57 Å². The predicted molar refractivity (Wildman–Crippen MR) is 71.9 cm³/mol. The van der Waals surface area contributed by atoms with Crippen LogP contribution in [0.2, 0.25) is 0 Å². The Labute approximate surface area is 116 Å². The number of ether oxygens (including phenoxy) is 1. The van der Waals surface area contributed by atoms with Gasteiger partial charge in [0, 0.05) is 25.6 Å². The van der Waals surface area contributed by atoms with Gasteiger partial charge in [0.15, 0.2) is 0 Å². The zero-order chi connectivity index (χ0) is 14.6. The van der Waals surface area contributed by atoms with E-state index < -0.39 is 5.60 Å². The molecule has 1 unspecified atom stereocenters. The van der Waals surface area contributed by atoms with Gasteiger partial charge in [-0.25, -0.2) is 4.39 Å². The topological polar surface area (TPSA) is 59.9 Å². The molecule has 108 valence electrons. The number of amides is 1. The summed E-state index contributed by atoms with van der Waals surface area (Å²) in [4.78, 5) is 17.3. The highest BCUT2D eigenvalue weighted by Crippen LogP contribution is 2.27. The number of carbonyl (C=O) groups is 1. The van der Waals surface area contributed by atoms with E-state index >= 15 is 0 Å². The van der Waals surface area contributed by atoms with E-state index in [1.807, 2.05) is 0 Å². The minimum atomic E-state index is -1.11. The molecule has 1 aliphatic heterocycles. The molecule has 1 aliphatic rings. The minimum absolute atomic E-state index is 0.229. The third-order valence-corrected chi connectivity index (χ3v) is 3.12. The Hall–Kier alpha value is -1.95. The largest absolute Gasteiger partial charge is 0.383 e. The smallest absolute Gasteiger partial charge is 0.267 e. The molecule has 20 heavy (non-hydrogen) atoms. The molecule has 1 aromatic rings. The molecular weight excluding hydrogens is 263 g/mol. The molecule has 1 atom stereocenters. The zero-order valence-corrected chi connectivity index (χ0v) is 11.5. The van der Waals surface area contributed by atoms with Gasteiger partial charge in [0.2, 0.25) is 5.60 Å². The normalized spacial score (nSPS) is 21.2. The van der Waals surface area contributed by atoms with Crippen molar-refractivity contribution in [1.29, 1.82) is 0 Å². The number of halogens is 1. The number of nitrogens with one attached hydrogen (secondary N) is 1. The number of carbonyl (C=O) groups excluding carboxylic acids is 1. The van der Waals surface area contributed by atoms with Crippen LogP contribution in [0.5, 0.6) is 0 Å². The highest BCUT2D eigenvalue weighted by atomic mass is 19.1. The lowest BCUT2D eigenvalue weighted by Crippen LogP contribution is -2.45. The quantitative estimate of drug-likeness (QED) is 0.831. The second kappa shape index (κ2) is 6.00. The number of benzene rings is 1. The molecule has 5 nitrogen and oxygen atoms in total. The first kappa shape index (κ1) is 14.5. The van der Waals surface area contributed by atoms with Gasteiger partial charge in [0.1, 0.15) is 5.82 Å². The standard InChI is InChI=1S/C14H17FN2O3/c1-14(13(18)16-7-8-19-2)9-12(17-20-14)10-5-3-4-6-11(10)15/h3-6H,7-9H2,1-2H3,(H,16,18). The third-order valence-electron chi connectivity index (χ3n) is 3.12. The van der Waals surface area contributed by atoms with Gasteiger partial charge >= 0.3 is 0 Å². The molecule has 2 rings (SSSR count). The molecule has 1 aromatic carbocycles. The number of methoxy groups -OCH3 is 1. The maximum Gasteiger partial charge on any atom is 0.267 e. The zero-order valence-electron chi connectivity index (χ0n) is 11.5. The van der Waals surface area contributed by atoms with Crippen molar-refractivity contribution in [1.82, 2.24) is 5.32 Å². The van der Waals surface area contributed by atoms with Gasteiger partial charge < -0.3 is 14.9 Å². The van der Waals surface area contributed by atoms with Gasteiger partial charge in [-0.1, -0.05) is 23.4 Å². The second-order valence-electron chi connectivity index (χ2n) is 4.77. The lowest BCUT2D eigenvalue weighted by atomic mass is 9.95. The minimum Gasteiger partial charge on any atom is -0.383 e. The van der Waals surface area contributed by atoms with Gasteiger partial charge in [-0.3, -0.25) is 4.79 Å². The van der Waals surface area contributed by atoms with Crippen LogP contribution in [0.25, 0.3) is 0 Å². The van der Waals surface area contributed by atoms with Crippen molar-refractivity contribution in [3.05, 3.63) is 35.6 Å². The summed E-state index contributed by atoms with van der Waals surface area (Å²) < 4.78 is 18.5. The van der Waals surface area contributed by atoms with Crippen LogP contribution in [0.1, 0.15) is 18.9 Å². The Kier molecular flexibility index (Phi) is 4.34. The molecule has 0 fully saturated rings. The van der Waals surface area contributed by atoms with Crippen molar-refractivity contribution < 1.29 is 18.8 Å². The van der Waals surface area contributed by atoms with E-state index in [1.165, 1.54) is 6.07 Å². The van der Waals surface area contributed by atoms with E-state index in [9.17, 15) is 9.18 Å². The summed E-state index contributed by atoms with van der Waals surface area (Å²) in [5, 5.41) is 6.55. The Morgan fingerprint density at radius 1 is 1.55 bits per heavy atom. The van der Waals surface area contributed by atoms with Crippen molar-refractivity contribution in [3.8, 4) is 0 Å². The van der Waals surface area contributed by atoms with Crippen molar-refractivity contribution in [2.75, 3.05) is 20.3 Å². The van der Waals surface area contributed by atoms with Crippen LogP contribution in [0.4, 0.5) is 4.39 Å². The Morgan fingerprint density at radius 3 is 3.00 bits per heavy atom. The van der Waals surface area contributed by atoms with Crippen molar-refractivity contribution >= 4 is 11.6 Å². The van der Waals surface area contributed by atoms with Gasteiger partial charge in [-0.05, 0) is 13.0 Å². The van der Waals surface area contributed by atoms with Gasteiger partial charge in [0.25, 0.3) is 5.91 Å². The summed E-state index contributed by atoms with van der Waals surface area (Å²) in [5.41, 5.74) is -0.306. The number of nitrogens with zero attached hydrogens (tertiary/aromatic N) is 1. The number of hydrogen-bond donors (Lipinski definition) is 1. The summed E-state index contributed by atoms with van der Waals surface area (Å²) in [6, 6.07) is 6.29. The summed E-state index contributed by atoms with van der Waals surface area (Å²) in [6.07, 6.45) is 0.229. The van der Waals surface area contributed by atoms with Crippen LogP contribution in [0.3, 0.4) is 0 Å². The predicted octanol–water partition coefficient (Wildman–Crippen LogP) is 1.47. The maximum atomic E-state index is 13.7. The molecule has 0 radical (unpaired) electrons. The molecule has 0 aromatic heterocycles. The second-order valence-corrected chi connectivity index (χ2v) is 4.77. The maximum absolute atomic E-state index is 13.7. The lowest BCUT2D eigenvalue weighted by Gasteiger charge is -2.20. The highest BCUT2D eigenvalue weighted by molar-refractivity contribution is 6.05. The summed E-state index contributed by atoms with van der Waals surface area (Å²) >= 11 is 0. The first-order chi connectivity index (χ1) is 9.57. The van der Waals surface area contributed by atoms with Crippen molar-refractivity contribution in [2.45, 2.75) is 18.9 Å². The highest BCUT2D eigenvalue weighted by Gasteiger charge is 2.42. The van der Waals surface area contributed by atoms with E-state index in [0.29, 0.717) is 24.4 Å². The monoisotopic (exact) mass is 280 g/mol. The number of hydrogen-bond acceptors (Lipinski definition) is 4. The van der Waals surface area contributed by atoms with Crippen LogP contribution in [0.15, 0.2) is 29.4 Å². The molecule has 0 saturated carbocycles. The molecule has 0 saturated heterocycles. The van der Waals surface area contributed by atoms with E-state index in [2.05, 4.69) is 10.5 Å². The molecule has 0 aliphatic carbocycles. The van der Waals surface area contributed by atoms with Gasteiger partial charge in [-0.2, -0.15) is 0 Å². The molecule has 0 spiro atoms. The summed E-state index contributed by atoms with van der Waals surface area (Å²) in [6.45, 7) is 2.44. The number of oxime groups is 1.